The van der Waals surface area contributed by atoms with Crippen LogP contribution in [0.3, 0.4) is 0 Å². The Morgan fingerprint density at radius 1 is 1.20 bits per heavy atom. The third-order valence-corrected chi connectivity index (χ3v) is 2.26. The summed E-state index contributed by atoms with van der Waals surface area (Å²) >= 11 is 0. The number of hydrogen-bond acceptors (Lipinski definition) is 2. The van der Waals surface area contributed by atoms with Crippen molar-refractivity contribution in [2.45, 2.75) is 6.42 Å². The summed E-state index contributed by atoms with van der Waals surface area (Å²) in [5.41, 5.74) is -0.0961. The van der Waals surface area contributed by atoms with Gasteiger partial charge in [-0.05, 0) is 18.2 Å². The molecule has 0 saturated carbocycles. The van der Waals surface area contributed by atoms with Crippen molar-refractivity contribution in [3.8, 4) is 0 Å². The van der Waals surface area contributed by atoms with Gasteiger partial charge < -0.3 is 4.90 Å². The highest BCUT2D eigenvalue weighted by Gasteiger charge is 2.17. The summed E-state index contributed by atoms with van der Waals surface area (Å²) in [4.78, 5) is 12.3. The third kappa shape index (κ3) is 1.88. The second-order valence-corrected chi connectivity index (χ2v) is 3.30. The summed E-state index contributed by atoms with van der Waals surface area (Å²) in [5, 5.41) is 0. The first-order valence-electron chi connectivity index (χ1n) is 4.60. The van der Waals surface area contributed by atoms with Crippen molar-refractivity contribution >= 4 is 11.5 Å². The number of halogens is 2. The third-order valence-electron chi connectivity index (χ3n) is 2.26. The molecular weight excluding hydrogens is 200 g/mol. The van der Waals surface area contributed by atoms with Crippen molar-refractivity contribution in [1.29, 1.82) is 0 Å². The molecule has 1 aromatic carbocycles. The Bertz CT molecular complexity index is 408. The van der Waals surface area contributed by atoms with Crippen LogP contribution in [0.15, 0.2) is 30.5 Å². The number of rotatable bonds is 1. The molecule has 0 N–H and O–H groups in total. The number of para-hydroxylation sites is 1. The molecule has 0 aliphatic carbocycles. The normalized spacial score (nSPS) is 15.9. The highest BCUT2D eigenvalue weighted by molar-refractivity contribution is 5.91. The topological polar surface area (TPSA) is 20.3 Å². The van der Waals surface area contributed by atoms with Gasteiger partial charge in [-0.15, -0.1) is 0 Å². The predicted octanol–water partition coefficient (Wildman–Crippen LogP) is 2.26. The molecule has 1 aromatic rings. The Labute approximate surface area is 85.8 Å². The van der Waals surface area contributed by atoms with Gasteiger partial charge in [-0.2, -0.15) is 0 Å². The first-order chi connectivity index (χ1) is 7.18. The number of carbonyl (C=O) groups excluding carboxylic acids is 1. The molecule has 0 fully saturated rings. The Hall–Kier alpha value is -1.71. The minimum atomic E-state index is -0.617. The van der Waals surface area contributed by atoms with Gasteiger partial charge in [0.05, 0.1) is 0 Å². The lowest BCUT2D eigenvalue weighted by molar-refractivity contribution is -0.114. The van der Waals surface area contributed by atoms with Crippen LogP contribution in [0, 0.1) is 11.6 Å². The lowest BCUT2D eigenvalue weighted by Crippen LogP contribution is -2.25. The van der Waals surface area contributed by atoms with Gasteiger partial charge in [0.25, 0.3) is 0 Å². The molecule has 0 atom stereocenters. The van der Waals surface area contributed by atoms with E-state index in [-0.39, 0.29) is 17.9 Å². The zero-order valence-electron chi connectivity index (χ0n) is 7.91. The van der Waals surface area contributed by atoms with Crippen molar-refractivity contribution < 1.29 is 13.6 Å². The maximum absolute atomic E-state index is 13.3. The van der Waals surface area contributed by atoms with E-state index in [1.165, 1.54) is 35.4 Å². The van der Waals surface area contributed by atoms with Crippen LogP contribution in [0.25, 0.3) is 0 Å². The number of ketones is 1. The smallest absolute Gasteiger partial charge is 0.158 e. The van der Waals surface area contributed by atoms with Crippen LogP contribution in [0.5, 0.6) is 0 Å². The molecule has 2 rings (SSSR count). The van der Waals surface area contributed by atoms with E-state index >= 15 is 0 Å². The molecule has 0 amide bonds. The lowest BCUT2D eigenvalue weighted by Gasteiger charge is -2.23. The first-order valence-corrected chi connectivity index (χ1v) is 4.60. The molecule has 1 heterocycles. The van der Waals surface area contributed by atoms with Crippen LogP contribution < -0.4 is 4.90 Å². The molecular formula is C11H9F2NO. The maximum Gasteiger partial charge on any atom is 0.158 e. The molecule has 78 valence electrons. The zero-order chi connectivity index (χ0) is 10.8. The van der Waals surface area contributed by atoms with Gasteiger partial charge in [-0.3, -0.25) is 4.79 Å². The fourth-order valence-corrected chi connectivity index (χ4v) is 1.51. The number of benzene rings is 1. The summed E-state index contributed by atoms with van der Waals surface area (Å²) in [6, 6.07) is 3.71. The molecule has 15 heavy (non-hydrogen) atoms. The Kier molecular flexibility index (Phi) is 2.49. The number of hydrogen-bond donors (Lipinski definition) is 0. The highest BCUT2D eigenvalue weighted by atomic mass is 19.1. The van der Waals surface area contributed by atoms with Crippen LogP contribution >= 0.6 is 0 Å². The molecule has 0 radical (unpaired) electrons. The average molecular weight is 209 g/mol. The monoisotopic (exact) mass is 209 g/mol. The van der Waals surface area contributed by atoms with Crippen molar-refractivity contribution in [2.24, 2.45) is 0 Å². The van der Waals surface area contributed by atoms with Crippen LogP contribution in [-0.4, -0.2) is 12.3 Å². The van der Waals surface area contributed by atoms with Gasteiger partial charge in [-0.1, -0.05) is 6.07 Å². The molecule has 0 bridgehead atoms. The van der Waals surface area contributed by atoms with Crippen LogP contribution in [0.2, 0.25) is 0 Å². The number of carbonyl (C=O) groups is 1. The Morgan fingerprint density at radius 3 is 2.40 bits per heavy atom. The first kappa shape index (κ1) is 9.83. The summed E-state index contributed by atoms with van der Waals surface area (Å²) in [5.74, 6) is -1.26. The quantitative estimate of drug-likeness (QED) is 0.707. The number of anilines is 1. The molecule has 1 aliphatic rings. The molecule has 0 aromatic heterocycles. The minimum Gasteiger partial charge on any atom is -0.343 e. The molecule has 1 aliphatic heterocycles. The van der Waals surface area contributed by atoms with E-state index in [4.69, 9.17) is 0 Å². The van der Waals surface area contributed by atoms with E-state index in [1.54, 1.807) is 0 Å². The number of nitrogens with zero attached hydrogens (tertiary/aromatic N) is 1. The Morgan fingerprint density at radius 2 is 1.87 bits per heavy atom. The molecule has 2 nitrogen and oxygen atoms in total. The van der Waals surface area contributed by atoms with E-state index in [2.05, 4.69) is 0 Å². The van der Waals surface area contributed by atoms with Crippen LogP contribution in [-0.2, 0) is 4.79 Å². The average Bonchev–Trinajstić information content (AvgIpc) is 2.20. The van der Waals surface area contributed by atoms with E-state index < -0.39 is 11.6 Å². The van der Waals surface area contributed by atoms with Gasteiger partial charge in [0.1, 0.15) is 17.3 Å². The fraction of sp³-hybridized carbons (Fsp3) is 0.182. The summed E-state index contributed by atoms with van der Waals surface area (Å²) in [6.07, 6.45) is 3.02. The van der Waals surface area contributed by atoms with Crippen molar-refractivity contribution in [2.75, 3.05) is 11.4 Å². The standard InChI is InChI=1S/C11H9F2NO/c12-9-2-1-3-10(13)11(9)14-6-4-8(15)5-7-14/h1-4,6H,5,7H2. The SMILES string of the molecule is O=C1C=CN(c2c(F)cccc2F)CC1. The number of allylic oxidation sites excluding steroid dienone is 1. The summed E-state index contributed by atoms with van der Waals surface area (Å²) in [7, 11) is 0. The molecule has 0 saturated heterocycles. The lowest BCUT2D eigenvalue weighted by atomic mass is 10.2. The van der Waals surface area contributed by atoms with Crippen LogP contribution in [0.4, 0.5) is 14.5 Å². The van der Waals surface area contributed by atoms with Gasteiger partial charge in [0.2, 0.25) is 0 Å². The second-order valence-electron chi connectivity index (χ2n) is 3.30. The van der Waals surface area contributed by atoms with Gasteiger partial charge in [-0.25, -0.2) is 8.78 Å². The van der Waals surface area contributed by atoms with Crippen LogP contribution in [0.1, 0.15) is 6.42 Å². The van der Waals surface area contributed by atoms with Gasteiger partial charge in [0, 0.05) is 19.2 Å². The van der Waals surface area contributed by atoms with Gasteiger partial charge in [0.15, 0.2) is 5.78 Å². The largest absolute Gasteiger partial charge is 0.343 e. The van der Waals surface area contributed by atoms with E-state index in [0.717, 1.165) is 0 Å². The molecule has 0 unspecified atom stereocenters. The van der Waals surface area contributed by atoms with Gasteiger partial charge >= 0.3 is 0 Å². The van der Waals surface area contributed by atoms with E-state index in [9.17, 15) is 13.6 Å². The Balaban J connectivity index is 2.38. The molecule has 0 spiro atoms. The highest BCUT2D eigenvalue weighted by Crippen LogP contribution is 2.24. The van der Waals surface area contributed by atoms with E-state index in [1.807, 2.05) is 0 Å². The minimum absolute atomic E-state index is 0.0250. The fourth-order valence-electron chi connectivity index (χ4n) is 1.51. The molecule has 4 heteroatoms. The van der Waals surface area contributed by atoms with Crippen molar-refractivity contribution in [1.82, 2.24) is 0 Å². The van der Waals surface area contributed by atoms with Crippen molar-refractivity contribution in [3.05, 3.63) is 42.1 Å². The zero-order valence-corrected chi connectivity index (χ0v) is 7.91. The second kappa shape index (κ2) is 3.81. The van der Waals surface area contributed by atoms with E-state index in [0.29, 0.717) is 6.54 Å². The predicted molar refractivity (Wildman–Crippen MR) is 52.5 cm³/mol. The van der Waals surface area contributed by atoms with Crippen molar-refractivity contribution in [3.63, 3.8) is 0 Å². The maximum atomic E-state index is 13.3. The summed E-state index contributed by atoms with van der Waals surface area (Å²) < 4.78 is 26.7. The summed E-state index contributed by atoms with van der Waals surface area (Å²) in [6.45, 7) is 0.313.